The van der Waals surface area contributed by atoms with Gasteiger partial charge in [0.1, 0.15) is 5.60 Å². The van der Waals surface area contributed by atoms with E-state index in [1.807, 2.05) is 26.8 Å². The van der Waals surface area contributed by atoms with Crippen LogP contribution in [0.4, 0.5) is 0 Å². The van der Waals surface area contributed by atoms with Crippen LogP contribution in [-0.4, -0.2) is 33.3 Å². The number of ether oxygens (including phenoxy) is 1. The van der Waals surface area contributed by atoms with E-state index in [-0.39, 0.29) is 17.1 Å². The van der Waals surface area contributed by atoms with E-state index in [1.165, 1.54) is 0 Å². The highest BCUT2D eigenvalue weighted by molar-refractivity contribution is 5.13. The zero-order chi connectivity index (χ0) is 18.2. The predicted octanol–water partition coefficient (Wildman–Crippen LogP) is 4.49. The molecule has 0 aromatic carbocycles. The van der Waals surface area contributed by atoms with E-state index in [2.05, 4.69) is 31.4 Å². The van der Waals surface area contributed by atoms with Crippen molar-refractivity contribution >= 4 is 0 Å². The Morgan fingerprint density at radius 1 is 1.33 bits per heavy atom. The zero-order valence-corrected chi connectivity index (χ0v) is 15.8. The van der Waals surface area contributed by atoms with E-state index >= 15 is 0 Å². The van der Waals surface area contributed by atoms with Gasteiger partial charge in [0.2, 0.25) is 0 Å². The summed E-state index contributed by atoms with van der Waals surface area (Å²) in [6.45, 7) is 13.7. The fourth-order valence-corrected chi connectivity index (χ4v) is 4.58. The highest BCUT2D eigenvalue weighted by Crippen LogP contribution is 2.61. The molecule has 0 radical (unpaired) electrons. The number of hydrogen-bond donors (Lipinski definition) is 2. The molecule has 2 aliphatic heterocycles. The van der Waals surface area contributed by atoms with Crippen molar-refractivity contribution in [2.24, 2.45) is 11.3 Å². The van der Waals surface area contributed by atoms with Crippen molar-refractivity contribution in [2.75, 3.05) is 0 Å². The summed E-state index contributed by atoms with van der Waals surface area (Å²) in [5.74, 6) is 0.387. The lowest BCUT2D eigenvalue weighted by atomic mass is 9.59. The number of fused-ring (bicyclic) bond motifs is 2. The second-order valence-corrected chi connectivity index (χ2v) is 8.92. The minimum absolute atomic E-state index is 0.0340. The fraction of sp³-hybridized carbons (Fsp3) is 0.800. The first-order chi connectivity index (χ1) is 11.0. The molecule has 2 unspecified atom stereocenters. The van der Waals surface area contributed by atoms with Gasteiger partial charge in [-0.15, -0.1) is 6.58 Å². The smallest absolute Gasteiger partial charge is 0.116 e. The number of rotatable bonds is 8. The third-order valence-electron chi connectivity index (χ3n) is 6.27. The van der Waals surface area contributed by atoms with Crippen LogP contribution in [0.15, 0.2) is 24.8 Å². The molecule has 4 nitrogen and oxygen atoms in total. The number of aliphatic hydroxyl groups is 1. The molecule has 2 bridgehead atoms. The van der Waals surface area contributed by atoms with Gasteiger partial charge in [-0.1, -0.05) is 25.2 Å². The molecule has 138 valence electrons. The molecule has 2 heterocycles. The summed E-state index contributed by atoms with van der Waals surface area (Å²) in [6.07, 6.45) is 10.5. The number of hydrogen-bond acceptors (Lipinski definition) is 4. The summed E-state index contributed by atoms with van der Waals surface area (Å²) in [4.78, 5) is 4.49. The van der Waals surface area contributed by atoms with Crippen LogP contribution in [0.1, 0.15) is 66.7 Å². The molecule has 0 aromatic rings. The second kappa shape index (κ2) is 6.56. The van der Waals surface area contributed by atoms with Gasteiger partial charge in [0.15, 0.2) is 0 Å². The Morgan fingerprint density at radius 2 is 2.00 bits per heavy atom. The highest BCUT2D eigenvalue weighted by atomic mass is 17.1. The highest BCUT2D eigenvalue weighted by Gasteiger charge is 2.61. The van der Waals surface area contributed by atoms with Crippen molar-refractivity contribution in [1.29, 1.82) is 0 Å². The molecule has 2 rings (SSSR count). The lowest BCUT2D eigenvalue weighted by Gasteiger charge is -2.42. The molecular weight excluding hydrogens is 304 g/mol. The van der Waals surface area contributed by atoms with Gasteiger partial charge in [-0.2, -0.15) is 0 Å². The quantitative estimate of drug-likeness (QED) is 0.389. The molecule has 0 spiro atoms. The molecule has 4 heteroatoms. The van der Waals surface area contributed by atoms with Gasteiger partial charge < -0.3 is 9.84 Å². The Morgan fingerprint density at radius 3 is 2.58 bits per heavy atom. The molecule has 2 saturated heterocycles. The first-order valence-electron chi connectivity index (χ1n) is 9.02. The Kier molecular flexibility index (Phi) is 5.37. The average molecular weight is 338 g/mol. The van der Waals surface area contributed by atoms with Gasteiger partial charge >= 0.3 is 0 Å². The Hall–Kier alpha value is -0.680. The monoisotopic (exact) mass is 338 g/mol. The molecule has 2 aliphatic rings. The van der Waals surface area contributed by atoms with Crippen LogP contribution in [-0.2, 0) is 9.62 Å². The maximum Gasteiger partial charge on any atom is 0.116 e. The van der Waals surface area contributed by atoms with Crippen LogP contribution in [0.5, 0.6) is 0 Å². The maximum atomic E-state index is 10.3. The summed E-state index contributed by atoms with van der Waals surface area (Å²) in [5, 5.41) is 19.2. The van der Waals surface area contributed by atoms with Crippen molar-refractivity contribution in [3.05, 3.63) is 24.8 Å². The minimum atomic E-state index is -0.832. The van der Waals surface area contributed by atoms with Gasteiger partial charge in [-0.25, -0.2) is 4.89 Å². The summed E-state index contributed by atoms with van der Waals surface area (Å²) in [5.41, 5.74) is -1.58. The van der Waals surface area contributed by atoms with Crippen molar-refractivity contribution in [2.45, 2.75) is 89.6 Å². The molecule has 2 fully saturated rings. The molecule has 2 N–H and O–H groups in total. The van der Waals surface area contributed by atoms with Crippen LogP contribution in [0.2, 0.25) is 0 Å². The second-order valence-electron chi connectivity index (χ2n) is 8.92. The van der Waals surface area contributed by atoms with E-state index in [1.54, 1.807) is 6.08 Å². The van der Waals surface area contributed by atoms with E-state index in [0.29, 0.717) is 12.3 Å². The fourth-order valence-electron chi connectivity index (χ4n) is 4.58. The van der Waals surface area contributed by atoms with E-state index in [4.69, 9.17) is 9.99 Å². The predicted molar refractivity (Wildman–Crippen MR) is 95.7 cm³/mol. The molecule has 0 saturated carbocycles. The molecule has 0 aromatic heterocycles. The van der Waals surface area contributed by atoms with Crippen LogP contribution in [0.3, 0.4) is 0 Å². The van der Waals surface area contributed by atoms with Crippen molar-refractivity contribution in [1.82, 2.24) is 0 Å². The Bertz CT molecular complexity index is 496. The van der Waals surface area contributed by atoms with E-state index in [0.717, 1.165) is 25.7 Å². The molecular formula is C20H34O4. The SMILES string of the molecule is C=C[C@@](C)(O)CCC1[C@](C)(C/C=C/C(C)(C)OO)C2CC[C@@]1(C)O2. The first-order valence-corrected chi connectivity index (χ1v) is 9.02. The normalized spacial score (nSPS) is 38.6. The molecule has 0 amide bonds. The van der Waals surface area contributed by atoms with Gasteiger partial charge in [0.05, 0.1) is 17.3 Å². The van der Waals surface area contributed by atoms with Crippen molar-refractivity contribution < 1.29 is 20.0 Å². The lowest BCUT2D eigenvalue weighted by molar-refractivity contribution is -0.297. The van der Waals surface area contributed by atoms with Crippen molar-refractivity contribution in [3.8, 4) is 0 Å². The summed E-state index contributed by atoms with van der Waals surface area (Å²) >= 11 is 0. The summed E-state index contributed by atoms with van der Waals surface area (Å²) in [7, 11) is 0. The van der Waals surface area contributed by atoms with Crippen molar-refractivity contribution in [3.63, 3.8) is 0 Å². The van der Waals surface area contributed by atoms with Gasteiger partial charge in [0.25, 0.3) is 0 Å². The number of allylic oxidation sites excluding steroid dienone is 1. The lowest BCUT2D eigenvalue weighted by Crippen LogP contribution is -2.43. The van der Waals surface area contributed by atoms with Gasteiger partial charge in [-0.3, -0.25) is 5.26 Å². The minimum Gasteiger partial charge on any atom is -0.386 e. The van der Waals surface area contributed by atoms with Crippen LogP contribution < -0.4 is 0 Å². The third-order valence-corrected chi connectivity index (χ3v) is 6.27. The van der Waals surface area contributed by atoms with Crippen LogP contribution >= 0.6 is 0 Å². The topological polar surface area (TPSA) is 58.9 Å². The zero-order valence-electron chi connectivity index (χ0n) is 15.8. The first kappa shape index (κ1) is 19.6. The summed E-state index contributed by atoms with van der Waals surface area (Å²) in [6, 6.07) is 0. The van der Waals surface area contributed by atoms with Crippen LogP contribution in [0, 0.1) is 11.3 Å². The maximum absolute atomic E-state index is 10.3. The summed E-state index contributed by atoms with van der Waals surface area (Å²) < 4.78 is 6.37. The standard InChI is InChI=1S/C20H34O4/c1-7-18(4,21)13-9-15-19(5,12-8-11-17(2,3)24-22)16-10-14-20(15,6)23-16/h7-8,11,15-16,21-22H,1,9-10,12-14H2,2-6H3/b11-8+/t15?,16?,18-,19+,20-/m1/s1. The molecule has 24 heavy (non-hydrogen) atoms. The Balaban J connectivity index is 2.14. The largest absolute Gasteiger partial charge is 0.386 e. The van der Waals surface area contributed by atoms with E-state index < -0.39 is 11.2 Å². The average Bonchev–Trinajstić information content (AvgIpc) is 2.98. The molecule has 0 aliphatic carbocycles. The van der Waals surface area contributed by atoms with Crippen LogP contribution in [0.25, 0.3) is 0 Å². The Labute approximate surface area is 146 Å². The van der Waals surface area contributed by atoms with Gasteiger partial charge in [0, 0.05) is 5.41 Å². The third kappa shape index (κ3) is 3.77. The van der Waals surface area contributed by atoms with Gasteiger partial charge in [-0.05, 0) is 65.7 Å². The van der Waals surface area contributed by atoms with E-state index in [9.17, 15) is 5.11 Å². The molecule has 5 atom stereocenters.